The monoisotopic (exact) mass is 403 g/mol. The molecule has 158 valence electrons. The molecule has 0 aromatic heterocycles. The van der Waals surface area contributed by atoms with Gasteiger partial charge < -0.3 is 5.11 Å². The van der Waals surface area contributed by atoms with E-state index in [0.717, 1.165) is 51.4 Å². The van der Waals surface area contributed by atoms with E-state index in [4.69, 9.17) is 14.9 Å². The molecular weight excluding hydrogens is 363 g/mol. The number of nitrogens with zero attached hydrogens (tertiary/aromatic N) is 2. The molecule has 0 heterocycles. The highest BCUT2D eigenvalue weighted by Crippen LogP contribution is 2.61. The summed E-state index contributed by atoms with van der Waals surface area (Å²) in [4.78, 5) is 21.6. The van der Waals surface area contributed by atoms with Crippen LogP contribution in [0.4, 0.5) is 0 Å². The molecular formula is C20H40N2O4P+. The standard InChI is InChI=1S/C20H39N2O4P/c1-18(2)22(19(3)4)27(25,17-13-15-21)26-16-12-10-8-6-5-7-9-11-14-20(23)24/h18-19,25H,5-14,16-17H2,1-4H3/p+1. The highest BCUT2D eigenvalue weighted by Gasteiger charge is 2.48. The van der Waals surface area contributed by atoms with Gasteiger partial charge in [0, 0.05) is 18.5 Å². The van der Waals surface area contributed by atoms with Crippen molar-refractivity contribution in [1.29, 1.82) is 5.26 Å². The van der Waals surface area contributed by atoms with Crippen molar-refractivity contribution in [3.63, 3.8) is 0 Å². The summed E-state index contributed by atoms with van der Waals surface area (Å²) in [5.74, 6) is -0.707. The summed E-state index contributed by atoms with van der Waals surface area (Å²) in [5, 5.41) is 17.5. The molecule has 7 heteroatoms. The van der Waals surface area contributed by atoms with Gasteiger partial charge in [0.1, 0.15) is 6.16 Å². The molecule has 0 aliphatic heterocycles. The predicted molar refractivity (Wildman–Crippen MR) is 111 cm³/mol. The van der Waals surface area contributed by atoms with Crippen LogP contribution in [0.3, 0.4) is 0 Å². The fourth-order valence-electron chi connectivity index (χ4n) is 3.41. The predicted octanol–water partition coefficient (Wildman–Crippen LogP) is 5.39. The minimum Gasteiger partial charge on any atom is -0.481 e. The molecule has 0 aliphatic rings. The quantitative estimate of drug-likeness (QED) is 0.250. The zero-order chi connectivity index (χ0) is 20.7. The highest BCUT2D eigenvalue weighted by molar-refractivity contribution is 7.63. The van der Waals surface area contributed by atoms with E-state index in [1.807, 2.05) is 4.67 Å². The van der Waals surface area contributed by atoms with E-state index in [-0.39, 0.29) is 18.5 Å². The third kappa shape index (κ3) is 12.4. The van der Waals surface area contributed by atoms with Crippen LogP contribution in [-0.4, -0.2) is 45.5 Å². The van der Waals surface area contributed by atoms with Crippen LogP contribution in [-0.2, 0) is 9.32 Å². The highest BCUT2D eigenvalue weighted by atomic mass is 31.2. The maximum Gasteiger partial charge on any atom is 0.346 e. The van der Waals surface area contributed by atoms with Gasteiger partial charge in [-0.05, 0) is 40.5 Å². The molecule has 0 bridgehead atoms. The molecule has 1 unspecified atom stereocenters. The van der Waals surface area contributed by atoms with Gasteiger partial charge in [0.15, 0.2) is 0 Å². The van der Waals surface area contributed by atoms with Crippen molar-refractivity contribution in [2.24, 2.45) is 0 Å². The topological polar surface area (TPSA) is 93.8 Å². The Morgan fingerprint density at radius 1 is 1.00 bits per heavy atom. The van der Waals surface area contributed by atoms with E-state index in [9.17, 15) is 9.69 Å². The van der Waals surface area contributed by atoms with Crippen LogP contribution >= 0.6 is 7.87 Å². The van der Waals surface area contributed by atoms with Crippen LogP contribution in [0.15, 0.2) is 0 Å². The van der Waals surface area contributed by atoms with Crippen molar-refractivity contribution < 1.29 is 19.3 Å². The first-order valence-corrected chi connectivity index (χ1v) is 12.2. The van der Waals surface area contributed by atoms with E-state index in [2.05, 4.69) is 33.8 Å². The molecule has 0 aromatic carbocycles. The molecule has 0 spiro atoms. The average Bonchev–Trinajstić information content (AvgIpc) is 2.57. The van der Waals surface area contributed by atoms with Crippen molar-refractivity contribution in [3.05, 3.63) is 0 Å². The van der Waals surface area contributed by atoms with Crippen molar-refractivity contribution >= 4 is 13.8 Å². The number of carboxylic acid groups (broad SMARTS) is 1. The van der Waals surface area contributed by atoms with Gasteiger partial charge in [0.25, 0.3) is 0 Å². The van der Waals surface area contributed by atoms with E-state index in [0.29, 0.717) is 19.2 Å². The zero-order valence-corrected chi connectivity index (χ0v) is 18.6. The largest absolute Gasteiger partial charge is 0.481 e. The Hall–Kier alpha value is -0.730. The number of carboxylic acids is 1. The van der Waals surface area contributed by atoms with Gasteiger partial charge in [-0.1, -0.05) is 38.5 Å². The molecule has 6 nitrogen and oxygen atoms in total. The SMILES string of the molecule is CC(C)N(C(C)C)[P+](O)(CCC#N)OCCCCCCCCCCC(=O)O. The van der Waals surface area contributed by atoms with Gasteiger partial charge in [0.05, 0.1) is 19.1 Å². The Morgan fingerprint density at radius 3 is 1.93 bits per heavy atom. The van der Waals surface area contributed by atoms with E-state index >= 15 is 0 Å². The maximum atomic E-state index is 11.1. The van der Waals surface area contributed by atoms with Crippen molar-refractivity contribution in [3.8, 4) is 6.07 Å². The lowest BCUT2D eigenvalue weighted by atomic mass is 10.1. The summed E-state index contributed by atoms with van der Waals surface area (Å²) in [5.41, 5.74) is 0. The minimum atomic E-state index is -2.73. The minimum absolute atomic E-state index is 0.170. The number of aliphatic carboxylic acids is 1. The number of hydrogen-bond acceptors (Lipinski definition) is 5. The number of hydrogen-bond donors (Lipinski definition) is 2. The fraction of sp³-hybridized carbons (Fsp3) is 0.900. The first-order chi connectivity index (χ1) is 12.7. The molecule has 0 aromatic rings. The molecule has 0 aliphatic carbocycles. The lowest BCUT2D eigenvalue weighted by Gasteiger charge is -2.34. The molecule has 0 fully saturated rings. The molecule has 0 radical (unpaired) electrons. The second kappa shape index (κ2) is 15.2. The van der Waals surface area contributed by atoms with Crippen LogP contribution in [0, 0.1) is 11.3 Å². The molecule has 27 heavy (non-hydrogen) atoms. The summed E-state index contributed by atoms with van der Waals surface area (Å²) in [6, 6.07) is 2.47. The van der Waals surface area contributed by atoms with Gasteiger partial charge in [-0.2, -0.15) is 9.79 Å². The summed E-state index contributed by atoms with van der Waals surface area (Å²) < 4.78 is 8.03. The summed E-state index contributed by atoms with van der Waals surface area (Å²) in [7, 11) is -2.73. The lowest BCUT2D eigenvalue weighted by Crippen LogP contribution is -2.38. The van der Waals surface area contributed by atoms with E-state index < -0.39 is 13.8 Å². The molecule has 0 amide bonds. The van der Waals surface area contributed by atoms with Gasteiger partial charge in [-0.25, -0.2) is 4.89 Å². The van der Waals surface area contributed by atoms with Crippen molar-refractivity contribution in [1.82, 2.24) is 4.67 Å². The van der Waals surface area contributed by atoms with Gasteiger partial charge in [-0.3, -0.25) is 4.79 Å². The molecule has 2 N–H and O–H groups in total. The van der Waals surface area contributed by atoms with E-state index in [1.54, 1.807) is 0 Å². The van der Waals surface area contributed by atoms with Gasteiger partial charge in [-0.15, -0.1) is 4.67 Å². The Labute approximate surface area is 166 Å². The Balaban J connectivity index is 4.07. The third-order valence-electron chi connectivity index (χ3n) is 4.52. The van der Waals surface area contributed by atoms with E-state index in [1.165, 1.54) is 0 Å². The Bertz CT molecular complexity index is 432. The molecule has 0 saturated carbocycles. The third-order valence-corrected chi connectivity index (χ3v) is 7.56. The van der Waals surface area contributed by atoms with Gasteiger partial charge in [0.2, 0.25) is 0 Å². The summed E-state index contributed by atoms with van der Waals surface area (Å²) in [6.45, 7) is 8.74. The normalized spacial score (nSPS) is 13.9. The Kier molecular flexibility index (Phi) is 14.8. The molecule has 0 saturated heterocycles. The van der Waals surface area contributed by atoms with Gasteiger partial charge >= 0.3 is 13.8 Å². The van der Waals surface area contributed by atoms with Crippen LogP contribution < -0.4 is 0 Å². The average molecular weight is 404 g/mol. The van der Waals surface area contributed by atoms with Crippen LogP contribution in [0.2, 0.25) is 0 Å². The first kappa shape index (κ1) is 26.3. The number of carbonyl (C=O) groups is 1. The lowest BCUT2D eigenvalue weighted by molar-refractivity contribution is -0.137. The van der Waals surface area contributed by atoms with Crippen molar-refractivity contribution in [2.75, 3.05) is 12.8 Å². The zero-order valence-electron chi connectivity index (χ0n) is 17.7. The number of rotatable bonds is 17. The smallest absolute Gasteiger partial charge is 0.346 e. The number of unbranched alkanes of at least 4 members (excludes halogenated alkanes) is 7. The van der Waals surface area contributed by atoms with Crippen molar-refractivity contribution in [2.45, 2.75) is 104 Å². The van der Waals surface area contributed by atoms with Crippen LogP contribution in [0.1, 0.15) is 91.9 Å². The molecule has 0 rings (SSSR count). The molecule has 1 atom stereocenters. The first-order valence-electron chi connectivity index (χ1n) is 10.4. The van der Waals surface area contributed by atoms with Crippen LogP contribution in [0.25, 0.3) is 0 Å². The fourth-order valence-corrected chi connectivity index (χ4v) is 6.16. The summed E-state index contributed by atoms with van der Waals surface area (Å²) in [6.07, 6.45) is 9.27. The second-order valence-corrected chi connectivity index (χ2v) is 10.2. The maximum absolute atomic E-state index is 11.1. The second-order valence-electron chi connectivity index (χ2n) is 7.67. The number of nitriles is 1. The summed E-state index contributed by atoms with van der Waals surface area (Å²) >= 11 is 0. The van der Waals surface area contributed by atoms with Crippen LogP contribution in [0.5, 0.6) is 0 Å². The Morgan fingerprint density at radius 2 is 1.48 bits per heavy atom.